The maximum absolute atomic E-state index is 14.4. The van der Waals surface area contributed by atoms with Gasteiger partial charge in [0.2, 0.25) is 11.7 Å². The van der Waals surface area contributed by atoms with Crippen LogP contribution in [0, 0.1) is 19.3 Å². The Bertz CT molecular complexity index is 1680. The molecule has 0 aliphatic heterocycles. The van der Waals surface area contributed by atoms with Crippen LogP contribution in [0.25, 0.3) is 22.0 Å². The van der Waals surface area contributed by atoms with Gasteiger partial charge in [-0.3, -0.25) is 14.2 Å². The molecule has 1 atom stereocenters. The van der Waals surface area contributed by atoms with Crippen molar-refractivity contribution in [2.24, 2.45) is 5.41 Å². The average molecular weight is 585 g/mol. The molecule has 0 fully saturated rings. The zero-order chi connectivity index (χ0) is 31.7. The van der Waals surface area contributed by atoms with Gasteiger partial charge in [0.25, 0.3) is 5.56 Å². The quantitative estimate of drug-likeness (QED) is 0.225. The summed E-state index contributed by atoms with van der Waals surface area (Å²) in [6.07, 6.45) is 0.743. The number of rotatable bonds is 9. The number of ether oxygens (including phenoxy) is 3. The molecule has 1 heterocycles. The molecule has 0 aliphatic rings. The van der Waals surface area contributed by atoms with Crippen LogP contribution in [-0.2, 0) is 4.79 Å². The summed E-state index contributed by atoms with van der Waals surface area (Å²) < 4.78 is 19.0. The van der Waals surface area contributed by atoms with Gasteiger partial charge in [-0.15, -0.1) is 0 Å². The molecule has 7 nitrogen and oxygen atoms in total. The molecule has 0 spiro atoms. The lowest BCUT2D eigenvalue weighted by Crippen LogP contribution is -2.49. The minimum absolute atomic E-state index is 0.0212. The number of amides is 1. The van der Waals surface area contributed by atoms with E-state index in [9.17, 15) is 9.59 Å². The first-order chi connectivity index (χ1) is 20.2. The van der Waals surface area contributed by atoms with Crippen molar-refractivity contribution in [2.45, 2.75) is 66.5 Å². The van der Waals surface area contributed by atoms with Crippen molar-refractivity contribution in [2.75, 3.05) is 21.3 Å². The second-order valence-electron chi connectivity index (χ2n) is 13.1. The molecule has 7 heteroatoms. The molecule has 228 valence electrons. The summed E-state index contributed by atoms with van der Waals surface area (Å²) in [5.74, 6) is 0.923. The third-order valence-corrected chi connectivity index (χ3v) is 7.54. The Morgan fingerprint density at radius 2 is 1.37 bits per heavy atom. The lowest BCUT2D eigenvalue weighted by molar-refractivity contribution is -0.125. The van der Waals surface area contributed by atoms with Crippen LogP contribution in [0.2, 0.25) is 0 Å². The summed E-state index contributed by atoms with van der Waals surface area (Å²) in [6.45, 7) is 14.5. The van der Waals surface area contributed by atoms with Crippen molar-refractivity contribution in [1.29, 1.82) is 0 Å². The number of hydrogen-bond donors (Lipinski definition) is 1. The number of aromatic nitrogens is 1. The van der Waals surface area contributed by atoms with Gasteiger partial charge >= 0.3 is 0 Å². The first-order valence-corrected chi connectivity index (χ1v) is 14.5. The Hall–Kier alpha value is -4.26. The summed E-state index contributed by atoms with van der Waals surface area (Å²) >= 11 is 0. The summed E-state index contributed by atoms with van der Waals surface area (Å²) in [7, 11) is 4.65. The highest BCUT2D eigenvalue weighted by Gasteiger charge is 2.34. The zero-order valence-electron chi connectivity index (χ0n) is 27.0. The topological polar surface area (TPSA) is 78.8 Å². The van der Waals surface area contributed by atoms with Gasteiger partial charge in [-0.2, -0.15) is 0 Å². The zero-order valence-corrected chi connectivity index (χ0v) is 27.0. The van der Waals surface area contributed by atoms with Gasteiger partial charge in [-0.1, -0.05) is 80.4 Å². The third kappa shape index (κ3) is 6.71. The number of pyridine rings is 1. The lowest BCUT2D eigenvalue weighted by Gasteiger charge is -2.35. The van der Waals surface area contributed by atoms with Gasteiger partial charge in [0, 0.05) is 23.2 Å². The predicted molar refractivity (Wildman–Crippen MR) is 174 cm³/mol. The molecule has 0 saturated heterocycles. The van der Waals surface area contributed by atoms with Gasteiger partial charge in [-0.05, 0) is 50.7 Å². The molecule has 1 unspecified atom stereocenters. The summed E-state index contributed by atoms with van der Waals surface area (Å²) in [5.41, 5.74) is 3.97. The summed E-state index contributed by atoms with van der Waals surface area (Å²) in [5, 5.41) is 3.90. The van der Waals surface area contributed by atoms with Crippen molar-refractivity contribution >= 4 is 16.8 Å². The normalized spacial score (nSPS) is 12.6. The highest BCUT2D eigenvalue weighted by molar-refractivity contribution is 6.03. The number of aryl methyl sites for hydroxylation is 2. The molecular formula is C36H44N2O5. The minimum atomic E-state index is -0.968. The molecule has 43 heavy (non-hydrogen) atoms. The van der Waals surface area contributed by atoms with E-state index in [2.05, 4.69) is 26.1 Å². The number of carbonyl (C=O) groups excluding carboxylic acids is 1. The molecule has 4 rings (SSSR count). The molecule has 3 aromatic carbocycles. The Balaban J connectivity index is 2.10. The minimum Gasteiger partial charge on any atom is -0.493 e. The highest BCUT2D eigenvalue weighted by Crippen LogP contribution is 2.47. The fraction of sp³-hybridized carbons (Fsp3) is 0.389. The number of hydrogen-bond acceptors (Lipinski definition) is 5. The number of fused-ring (bicyclic) bond motifs is 1. The Labute approximate surface area is 254 Å². The molecule has 0 radical (unpaired) electrons. The highest BCUT2D eigenvalue weighted by atomic mass is 16.5. The van der Waals surface area contributed by atoms with Crippen molar-refractivity contribution < 1.29 is 19.0 Å². The monoisotopic (exact) mass is 584 g/mol. The van der Waals surface area contributed by atoms with Crippen LogP contribution < -0.4 is 25.1 Å². The summed E-state index contributed by atoms with van der Waals surface area (Å²) in [4.78, 5) is 28.7. The van der Waals surface area contributed by atoms with Crippen molar-refractivity contribution in [1.82, 2.24) is 9.88 Å². The SMILES string of the molecule is COc1cc2c(c(-c3ccc(C)cc3)cc(=O)n2C(C(=O)NC(C)(C)CC(C)(C)C)c2ccc(C)cc2)c(OC)c1OC. The molecule has 1 aromatic heterocycles. The van der Waals surface area contributed by atoms with E-state index in [4.69, 9.17) is 14.2 Å². The third-order valence-electron chi connectivity index (χ3n) is 7.54. The predicted octanol–water partition coefficient (Wildman–Crippen LogP) is 7.23. The molecule has 0 bridgehead atoms. The maximum atomic E-state index is 14.4. The van der Waals surface area contributed by atoms with Gasteiger partial charge in [0.05, 0.1) is 32.2 Å². The number of methoxy groups -OCH3 is 3. The first-order valence-electron chi connectivity index (χ1n) is 14.5. The van der Waals surface area contributed by atoms with E-state index in [1.165, 1.54) is 7.11 Å². The largest absolute Gasteiger partial charge is 0.493 e. The molecule has 4 aromatic rings. The Kier molecular flexibility index (Phi) is 8.95. The van der Waals surface area contributed by atoms with Crippen LogP contribution in [0.3, 0.4) is 0 Å². The Morgan fingerprint density at radius 1 is 0.814 bits per heavy atom. The van der Waals surface area contributed by atoms with Gasteiger partial charge in [-0.25, -0.2) is 0 Å². The van der Waals surface area contributed by atoms with E-state index in [1.807, 2.05) is 76.2 Å². The lowest BCUT2D eigenvalue weighted by atomic mass is 9.81. The fourth-order valence-electron chi connectivity index (χ4n) is 6.14. The van der Waals surface area contributed by atoms with Crippen LogP contribution in [0.5, 0.6) is 17.2 Å². The molecular weight excluding hydrogens is 540 g/mol. The van der Waals surface area contributed by atoms with Gasteiger partial charge in [0.15, 0.2) is 11.5 Å². The number of carbonyl (C=O) groups is 1. The van der Waals surface area contributed by atoms with E-state index in [0.717, 1.165) is 23.1 Å². The maximum Gasteiger partial charge on any atom is 0.252 e. The van der Waals surface area contributed by atoms with Crippen molar-refractivity contribution in [3.63, 3.8) is 0 Å². The fourth-order valence-corrected chi connectivity index (χ4v) is 6.14. The number of nitrogens with one attached hydrogen (secondary N) is 1. The van der Waals surface area contributed by atoms with E-state index < -0.39 is 11.6 Å². The van der Waals surface area contributed by atoms with Gasteiger partial charge < -0.3 is 19.5 Å². The second kappa shape index (κ2) is 12.2. The van der Waals surface area contributed by atoms with E-state index in [1.54, 1.807) is 30.9 Å². The molecule has 0 saturated carbocycles. The second-order valence-corrected chi connectivity index (χ2v) is 13.1. The van der Waals surface area contributed by atoms with E-state index >= 15 is 0 Å². The number of nitrogens with zero attached hydrogens (tertiary/aromatic N) is 1. The van der Waals surface area contributed by atoms with Crippen molar-refractivity contribution in [3.8, 4) is 28.4 Å². The Morgan fingerprint density at radius 3 is 1.88 bits per heavy atom. The van der Waals surface area contributed by atoms with Crippen LogP contribution in [0.4, 0.5) is 0 Å². The van der Waals surface area contributed by atoms with Crippen LogP contribution in [0.1, 0.15) is 63.8 Å². The molecule has 0 aliphatic carbocycles. The van der Waals surface area contributed by atoms with E-state index in [-0.39, 0.29) is 16.9 Å². The van der Waals surface area contributed by atoms with Crippen LogP contribution >= 0.6 is 0 Å². The van der Waals surface area contributed by atoms with Crippen molar-refractivity contribution in [3.05, 3.63) is 87.7 Å². The van der Waals surface area contributed by atoms with E-state index in [0.29, 0.717) is 39.3 Å². The number of benzene rings is 3. The molecule has 1 N–H and O–H groups in total. The van der Waals surface area contributed by atoms with Gasteiger partial charge in [0.1, 0.15) is 6.04 Å². The molecule has 1 amide bonds. The van der Waals surface area contributed by atoms with Crippen LogP contribution in [-0.4, -0.2) is 37.3 Å². The first kappa shape index (κ1) is 31.7. The average Bonchev–Trinajstić information content (AvgIpc) is 2.92. The summed E-state index contributed by atoms with van der Waals surface area (Å²) in [6, 6.07) is 18.0. The smallest absolute Gasteiger partial charge is 0.252 e. The standard InChI is InChI=1S/C36H44N2O5/c1-22-11-15-24(16-12-22)26-19-29(39)38(27-20-28(41-8)32(42-9)33(43-10)30(26)27)31(25-17-13-23(2)14-18-25)34(40)37-36(6,7)21-35(3,4)5/h11-20,31H,21H2,1-10H3,(H,37,40). The van der Waals surface area contributed by atoms with Crippen LogP contribution in [0.15, 0.2) is 65.5 Å².